The predicted molar refractivity (Wildman–Crippen MR) is 91.4 cm³/mol. The molecule has 0 radical (unpaired) electrons. The Kier molecular flexibility index (Phi) is 7.01. The fourth-order valence-corrected chi connectivity index (χ4v) is 2.90. The molecule has 0 bridgehead atoms. The summed E-state index contributed by atoms with van der Waals surface area (Å²) in [5.74, 6) is 0.642. The van der Waals surface area contributed by atoms with E-state index in [4.69, 9.17) is 0 Å². The number of halogens is 1. The van der Waals surface area contributed by atoms with Crippen LogP contribution >= 0.6 is 12.4 Å². The third kappa shape index (κ3) is 4.36. The Balaban J connectivity index is 0.00000220. The summed E-state index contributed by atoms with van der Waals surface area (Å²) >= 11 is 0. The van der Waals surface area contributed by atoms with Crippen LogP contribution in [0.2, 0.25) is 0 Å². The SMILES string of the molecule is CCc1cc(CC(C)C)cc(N2CCNCC2)c1C#N.Cl. The minimum absolute atomic E-state index is 0. The van der Waals surface area contributed by atoms with Crippen LogP contribution in [0.15, 0.2) is 12.1 Å². The molecule has 0 amide bonds. The summed E-state index contributed by atoms with van der Waals surface area (Å²) < 4.78 is 0. The second-order valence-corrected chi connectivity index (χ2v) is 5.95. The maximum absolute atomic E-state index is 9.54. The number of nitrogens with one attached hydrogen (secondary N) is 1. The van der Waals surface area contributed by atoms with Gasteiger partial charge < -0.3 is 10.2 Å². The summed E-state index contributed by atoms with van der Waals surface area (Å²) in [6.45, 7) is 10.6. The Labute approximate surface area is 134 Å². The molecule has 1 aromatic carbocycles. The van der Waals surface area contributed by atoms with Gasteiger partial charge in [-0.15, -0.1) is 12.4 Å². The molecule has 1 N–H and O–H groups in total. The van der Waals surface area contributed by atoms with Gasteiger partial charge in [0.1, 0.15) is 6.07 Å². The number of piperazine rings is 1. The van der Waals surface area contributed by atoms with Crippen LogP contribution in [-0.2, 0) is 12.8 Å². The second-order valence-electron chi connectivity index (χ2n) is 5.95. The Morgan fingerprint density at radius 1 is 1.29 bits per heavy atom. The smallest absolute Gasteiger partial charge is 0.102 e. The van der Waals surface area contributed by atoms with Crippen LogP contribution < -0.4 is 10.2 Å². The van der Waals surface area contributed by atoms with E-state index >= 15 is 0 Å². The first kappa shape index (κ1) is 17.8. The molecule has 0 atom stereocenters. The number of aryl methyl sites for hydroxylation is 1. The van der Waals surface area contributed by atoms with Crippen molar-refractivity contribution in [1.29, 1.82) is 5.26 Å². The number of nitriles is 1. The summed E-state index contributed by atoms with van der Waals surface area (Å²) in [7, 11) is 0. The number of anilines is 1. The molecule has 1 saturated heterocycles. The van der Waals surface area contributed by atoms with Gasteiger partial charge in [0.05, 0.1) is 11.3 Å². The molecule has 0 spiro atoms. The fourth-order valence-electron chi connectivity index (χ4n) is 2.90. The lowest BCUT2D eigenvalue weighted by Crippen LogP contribution is -2.44. The van der Waals surface area contributed by atoms with Crippen LogP contribution in [0.5, 0.6) is 0 Å². The van der Waals surface area contributed by atoms with Gasteiger partial charge in [0.15, 0.2) is 0 Å². The molecule has 2 rings (SSSR count). The number of hydrogen-bond acceptors (Lipinski definition) is 3. The van der Waals surface area contributed by atoms with E-state index in [9.17, 15) is 5.26 Å². The van der Waals surface area contributed by atoms with Gasteiger partial charge in [-0.2, -0.15) is 5.26 Å². The van der Waals surface area contributed by atoms with E-state index in [0.717, 1.165) is 50.3 Å². The number of benzene rings is 1. The van der Waals surface area contributed by atoms with Crippen LogP contribution in [0.4, 0.5) is 5.69 Å². The standard InChI is InChI=1S/C17H25N3.ClH/c1-4-15-10-14(9-13(2)3)11-17(16(15)12-18)20-7-5-19-6-8-20;/h10-11,13,19H,4-9H2,1-3H3;1H. The van der Waals surface area contributed by atoms with Crippen molar-refractivity contribution < 1.29 is 0 Å². The highest BCUT2D eigenvalue weighted by Crippen LogP contribution is 2.27. The maximum atomic E-state index is 9.54. The topological polar surface area (TPSA) is 39.1 Å². The zero-order valence-electron chi connectivity index (χ0n) is 13.3. The van der Waals surface area contributed by atoms with Gasteiger partial charge in [0.2, 0.25) is 0 Å². The highest BCUT2D eigenvalue weighted by molar-refractivity contribution is 5.85. The van der Waals surface area contributed by atoms with Gasteiger partial charge in [0.25, 0.3) is 0 Å². The minimum Gasteiger partial charge on any atom is -0.368 e. The highest BCUT2D eigenvalue weighted by Gasteiger charge is 2.17. The number of rotatable bonds is 4. The summed E-state index contributed by atoms with van der Waals surface area (Å²) in [4.78, 5) is 2.36. The summed E-state index contributed by atoms with van der Waals surface area (Å²) in [5, 5.41) is 12.9. The molecule has 1 aliphatic rings. The first-order valence-electron chi connectivity index (χ1n) is 7.67. The van der Waals surface area contributed by atoms with E-state index in [-0.39, 0.29) is 12.4 Å². The molecular formula is C17H26ClN3. The Hall–Kier alpha value is -1.24. The zero-order valence-corrected chi connectivity index (χ0v) is 14.1. The van der Waals surface area contributed by atoms with E-state index in [1.165, 1.54) is 11.1 Å². The van der Waals surface area contributed by atoms with Gasteiger partial charge in [-0.25, -0.2) is 0 Å². The lowest BCUT2D eigenvalue weighted by atomic mass is 9.95. The highest BCUT2D eigenvalue weighted by atomic mass is 35.5. The van der Waals surface area contributed by atoms with Gasteiger partial charge in [-0.05, 0) is 36.0 Å². The fraction of sp³-hybridized carbons (Fsp3) is 0.588. The van der Waals surface area contributed by atoms with Crippen molar-refractivity contribution in [2.24, 2.45) is 5.92 Å². The summed E-state index contributed by atoms with van der Waals surface area (Å²) in [6, 6.07) is 6.90. The third-order valence-electron chi connectivity index (χ3n) is 3.85. The van der Waals surface area contributed by atoms with Crippen molar-refractivity contribution in [3.63, 3.8) is 0 Å². The Bertz CT molecular complexity index is 499. The molecule has 1 fully saturated rings. The average molecular weight is 308 g/mol. The van der Waals surface area contributed by atoms with Crippen molar-refractivity contribution in [3.05, 3.63) is 28.8 Å². The molecule has 1 heterocycles. The summed E-state index contributed by atoms with van der Waals surface area (Å²) in [6.07, 6.45) is 2.01. The van der Waals surface area contributed by atoms with E-state index < -0.39 is 0 Å². The first-order chi connectivity index (χ1) is 9.65. The van der Waals surface area contributed by atoms with E-state index in [1.807, 2.05) is 0 Å². The quantitative estimate of drug-likeness (QED) is 0.929. The minimum atomic E-state index is 0. The van der Waals surface area contributed by atoms with Gasteiger partial charge in [0, 0.05) is 26.2 Å². The number of nitrogens with zero attached hydrogens (tertiary/aromatic N) is 2. The van der Waals surface area contributed by atoms with Crippen LogP contribution in [0, 0.1) is 17.2 Å². The van der Waals surface area contributed by atoms with Crippen LogP contribution in [0.25, 0.3) is 0 Å². The van der Waals surface area contributed by atoms with Crippen molar-refractivity contribution in [2.75, 3.05) is 31.1 Å². The van der Waals surface area contributed by atoms with Crippen LogP contribution in [0.1, 0.15) is 37.5 Å². The molecule has 0 aromatic heterocycles. The summed E-state index contributed by atoms with van der Waals surface area (Å²) in [5.41, 5.74) is 4.58. The Morgan fingerprint density at radius 2 is 1.95 bits per heavy atom. The monoisotopic (exact) mass is 307 g/mol. The van der Waals surface area contributed by atoms with Crippen LogP contribution in [0.3, 0.4) is 0 Å². The lowest BCUT2D eigenvalue weighted by Gasteiger charge is -2.31. The van der Waals surface area contributed by atoms with Gasteiger partial charge >= 0.3 is 0 Å². The third-order valence-corrected chi connectivity index (χ3v) is 3.85. The van der Waals surface area contributed by atoms with Crippen molar-refractivity contribution in [3.8, 4) is 6.07 Å². The molecule has 1 aromatic rings. The van der Waals surface area contributed by atoms with Crippen molar-refractivity contribution >= 4 is 18.1 Å². The van der Waals surface area contributed by atoms with Crippen molar-refractivity contribution in [1.82, 2.24) is 5.32 Å². The Morgan fingerprint density at radius 3 is 2.48 bits per heavy atom. The molecule has 0 saturated carbocycles. The molecule has 0 aliphatic carbocycles. The van der Waals surface area contributed by atoms with Crippen molar-refractivity contribution in [2.45, 2.75) is 33.6 Å². The second kappa shape index (κ2) is 8.26. The first-order valence-corrected chi connectivity index (χ1v) is 7.67. The molecule has 21 heavy (non-hydrogen) atoms. The normalized spacial score (nSPS) is 14.7. The van der Waals surface area contributed by atoms with E-state index in [0.29, 0.717) is 5.92 Å². The number of hydrogen-bond donors (Lipinski definition) is 1. The predicted octanol–water partition coefficient (Wildman–Crippen LogP) is 3.15. The molecule has 0 unspecified atom stereocenters. The van der Waals surface area contributed by atoms with E-state index in [1.54, 1.807) is 0 Å². The largest absolute Gasteiger partial charge is 0.368 e. The van der Waals surface area contributed by atoms with Gasteiger partial charge in [-0.3, -0.25) is 0 Å². The molecule has 116 valence electrons. The molecular weight excluding hydrogens is 282 g/mol. The maximum Gasteiger partial charge on any atom is 0.102 e. The molecule has 3 nitrogen and oxygen atoms in total. The van der Waals surface area contributed by atoms with E-state index in [2.05, 4.69) is 49.2 Å². The molecule has 4 heteroatoms. The molecule has 1 aliphatic heterocycles. The lowest BCUT2D eigenvalue weighted by molar-refractivity contribution is 0.588. The van der Waals surface area contributed by atoms with Gasteiger partial charge in [-0.1, -0.05) is 26.8 Å². The average Bonchev–Trinajstić information content (AvgIpc) is 2.46. The van der Waals surface area contributed by atoms with Crippen LogP contribution in [-0.4, -0.2) is 26.2 Å². The zero-order chi connectivity index (χ0) is 14.5.